The van der Waals surface area contributed by atoms with E-state index in [2.05, 4.69) is 44.7 Å². The summed E-state index contributed by atoms with van der Waals surface area (Å²) >= 11 is 0. The molecule has 2 fully saturated rings. The van der Waals surface area contributed by atoms with Crippen LogP contribution in [0.2, 0.25) is 0 Å². The molecule has 0 bridgehead atoms. The number of ether oxygens (including phenoxy) is 1. The van der Waals surface area contributed by atoms with Gasteiger partial charge in [0.1, 0.15) is 0 Å². The third-order valence-electron chi connectivity index (χ3n) is 6.17. The van der Waals surface area contributed by atoms with Crippen LogP contribution in [0.3, 0.4) is 0 Å². The molecule has 2 saturated heterocycles. The van der Waals surface area contributed by atoms with Crippen molar-refractivity contribution in [2.45, 2.75) is 18.9 Å². The Balaban J connectivity index is 1.21. The van der Waals surface area contributed by atoms with Gasteiger partial charge < -0.3 is 15.0 Å². The molecular weight excluding hydrogens is 392 g/mol. The van der Waals surface area contributed by atoms with Crippen molar-refractivity contribution < 1.29 is 9.53 Å². The Morgan fingerprint density at radius 1 is 1.13 bits per heavy atom. The number of pyridine rings is 1. The Labute approximate surface area is 181 Å². The largest absolute Gasteiger partial charge is 0.379 e. The number of carbonyl (C=O) groups excluding carboxylic acids is 1. The van der Waals surface area contributed by atoms with E-state index in [0.29, 0.717) is 26.3 Å². The van der Waals surface area contributed by atoms with Crippen molar-refractivity contribution in [3.05, 3.63) is 53.7 Å². The fourth-order valence-electron chi connectivity index (χ4n) is 4.34. The fourth-order valence-corrected chi connectivity index (χ4v) is 4.34. The van der Waals surface area contributed by atoms with Gasteiger partial charge in [-0.15, -0.1) is 0 Å². The molecule has 0 aliphatic carbocycles. The van der Waals surface area contributed by atoms with Gasteiger partial charge in [0.25, 0.3) is 0 Å². The Kier molecular flexibility index (Phi) is 5.82. The molecule has 2 aliphatic rings. The summed E-state index contributed by atoms with van der Waals surface area (Å²) in [7, 11) is 0. The van der Waals surface area contributed by atoms with Crippen molar-refractivity contribution in [2.75, 3.05) is 51.3 Å². The summed E-state index contributed by atoms with van der Waals surface area (Å²) in [5, 5.41) is 11.8. The van der Waals surface area contributed by atoms with E-state index in [9.17, 15) is 4.79 Å². The van der Waals surface area contributed by atoms with Crippen LogP contribution in [-0.2, 0) is 16.1 Å². The van der Waals surface area contributed by atoms with Crippen LogP contribution in [0.25, 0.3) is 11.0 Å². The Morgan fingerprint density at radius 3 is 2.81 bits per heavy atom. The van der Waals surface area contributed by atoms with Gasteiger partial charge in [-0.1, -0.05) is 30.3 Å². The van der Waals surface area contributed by atoms with Crippen molar-refractivity contribution in [3.8, 4) is 0 Å². The molecule has 31 heavy (non-hydrogen) atoms. The molecule has 0 spiro atoms. The van der Waals surface area contributed by atoms with Gasteiger partial charge in [0.15, 0.2) is 11.5 Å². The van der Waals surface area contributed by atoms with E-state index < -0.39 is 0 Å². The number of rotatable bonds is 6. The van der Waals surface area contributed by atoms with E-state index in [1.807, 2.05) is 23.1 Å². The summed E-state index contributed by atoms with van der Waals surface area (Å²) in [4.78, 5) is 21.7. The number of morpholine rings is 1. The number of H-pyrrole nitrogens is 1. The molecule has 0 unspecified atom stereocenters. The maximum atomic E-state index is 12.7. The van der Waals surface area contributed by atoms with E-state index in [4.69, 9.17) is 9.72 Å². The number of amides is 1. The highest BCUT2D eigenvalue weighted by molar-refractivity contribution is 5.87. The van der Waals surface area contributed by atoms with Gasteiger partial charge in [0.2, 0.25) is 5.91 Å². The van der Waals surface area contributed by atoms with E-state index >= 15 is 0 Å². The van der Waals surface area contributed by atoms with Crippen LogP contribution in [-0.4, -0.2) is 76.8 Å². The zero-order valence-electron chi connectivity index (χ0n) is 17.6. The van der Waals surface area contributed by atoms with Gasteiger partial charge in [-0.2, -0.15) is 5.10 Å². The molecule has 3 aromatic rings. The van der Waals surface area contributed by atoms with E-state index in [1.54, 1.807) is 0 Å². The van der Waals surface area contributed by atoms with Crippen LogP contribution in [0, 0.1) is 0 Å². The number of hydrogen-bond donors (Lipinski definition) is 2. The summed E-state index contributed by atoms with van der Waals surface area (Å²) < 4.78 is 5.37. The van der Waals surface area contributed by atoms with E-state index in [-0.39, 0.29) is 11.8 Å². The smallest absolute Gasteiger partial charge is 0.236 e. The first-order chi connectivity index (χ1) is 15.3. The Bertz CT molecular complexity index is 1030. The second-order valence-corrected chi connectivity index (χ2v) is 8.26. The molecule has 0 saturated carbocycles. The molecule has 1 atom stereocenters. The third-order valence-corrected chi connectivity index (χ3v) is 6.17. The number of likely N-dealkylation sites (tertiary alicyclic amines) is 1. The monoisotopic (exact) mass is 420 g/mol. The summed E-state index contributed by atoms with van der Waals surface area (Å²) in [6.07, 6.45) is 0.945. The maximum Gasteiger partial charge on any atom is 0.236 e. The minimum absolute atomic E-state index is 0.208. The average Bonchev–Trinajstić information content (AvgIpc) is 3.46. The molecule has 5 rings (SSSR count). The molecule has 8 heteroatoms. The van der Waals surface area contributed by atoms with Crippen molar-refractivity contribution in [3.63, 3.8) is 0 Å². The number of nitrogens with one attached hydrogen (secondary N) is 2. The second-order valence-electron chi connectivity index (χ2n) is 8.26. The van der Waals surface area contributed by atoms with Crippen LogP contribution >= 0.6 is 0 Å². The van der Waals surface area contributed by atoms with Crippen molar-refractivity contribution in [1.29, 1.82) is 0 Å². The molecule has 1 aromatic carbocycles. The Hall–Kier alpha value is -2.97. The number of fused-ring (bicyclic) bond motifs is 1. The summed E-state index contributed by atoms with van der Waals surface area (Å²) in [5.74, 6) is 1.29. The average molecular weight is 421 g/mol. The molecule has 2 aliphatic heterocycles. The molecule has 0 radical (unpaired) electrons. The molecule has 4 heterocycles. The van der Waals surface area contributed by atoms with Crippen molar-refractivity contribution >= 4 is 22.8 Å². The topological polar surface area (TPSA) is 86.4 Å². The van der Waals surface area contributed by atoms with Crippen LogP contribution in [0.1, 0.15) is 23.6 Å². The highest BCUT2D eigenvalue weighted by Crippen LogP contribution is 2.28. The highest BCUT2D eigenvalue weighted by atomic mass is 16.5. The molecular formula is C23H28N6O2. The third kappa shape index (κ3) is 4.55. The number of hydrogen-bond acceptors (Lipinski definition) is 6. The number of aromatic nitrogens is 3. The van der Waals surface area contributed by atoms with E-state index in [0.717, 1.165) is 55.1 Å². The first-order valence-corrected chi connectivity index (χ1v) is 11.0. The van der Waals surface area contributed by atoms with Gasteiger partial charge in [0, 0.05) is 44.3 Å². The van der Waals surface area contributed by atoms with Gasteiger partial charge >= 0.3 is 0 Å². The van der Waals surface area contributed by atoms with Crippen LogP contribution in [0.5, 0.6) is 0 Å². The number of carbonyl (C=O) groups is 1. The lowest BCUT2D eigenvalue weighted by Crippen LogP contribution is -2.44. The Morgan fingerprint density at radius 2 is 1.97 bits per heavy atom. The molecule has 8 nitrogen and oxygen atoms in total. The van der Waals surface area contributed by atoms with Crippen molar-refractivity contribution in [2.24, 2.45) is 0 Å². The minimum atomic E-state index is 0.208. The van der Waals surface area contributed by atoms with Gasteiger partial charge in [-0.25, -0.2) is 4.98 Å². The number of nitrogens with zero attached hydrogens (tertiary/aromatic N) is 4. The van der Waals surface area contributed by atoms with Crippen LogP contribution in [0.15, 0.2) is 42.5 Å². The van der Waals surface area contributed by atoms with Crippen molar-refractivity contribution in [1.82, 2.24) is 25.0 Å². The predicted molar refractivity (Wildman–Crippen MR) is 119 cm³/mol. The summed E-state index contributed by atoms with van der Waals surface area (Å²) in [5.41, 5.74) is 3.01. The van der Waals surface area contributed by atoms with Crippen LogP contribution < -0.4 is 5.32 Å². The molecule has 162 valence electrons. The predicted octanol–water partition coefficient (Wildman–Crippen LogP) is 2.22. The zero-order valence-corrected chi connectivity index (χ0v) is 17.6. The lowest BCUT2D eigenvalue weighted by atomic mass is 10.0. The molecule has 2 aromatic heterocycles. The van der Waals surface area contributed by atoms with Gasteiger partial charge in [-0.3, -0.25) is 14.8 Å². The number of benzene rings is 1. The second kappa shape index (κ2) is 9.03. The first-order valence-electron chi connectivity index (χ1n) is 11.0. The van der Waals surface area contributed by atoms with E-state index in [1.165, 1.54) is 5.56 Å². The fraction of sp³-hybridized carbons (Fsp3) is 0.435. The zero-order chi connectivity index (χ0) is 21.0. The number of anilines is 1. The quantitative estimate of drug-likeness (QED) is 0.636. The SMILES string of the molecule is O=C(CN1CCOCC1)N1CC[C@H](c2ccc3c(NCc4ccccc4)n[nH]c3n2)C1. The summed E-state index contributed by atoms with van der Waals surface area (Å²) in [6, 6.07) is 14.4. The minimum Gasteiger partial charge on any atom is -0.379 e. The standard InChI is InChI=1S/C23H28N6O2/c30-21(16-28-10-12-31-13-11-28)29-9-8-18(15-29)20-7-6-19-22(26-27-23(19)25-20)24-14-17-4-2-1-3-5-17/h1-7,18H,8-16H2,(H2,24,25,26,27)/t18-/m0/s1. The summed E-state index contributed by atoms with van der Waals surface area (Å²) in [6.45, 7) is 5.82. The van der Waals surface area contributed by atoms with Gasteiger partial charge in [0.05, 0.1) is 25.1 Å². The highest BCUT2D eigenvalue weighted by Gasteiger charge is 2.29. The molecule has 2 N–H and O–H groups in total. The van der Waals surface area contributed by atoms with Gasteiger partial charge in [-0.05, 0) is 24.1 Å². The lowest BCUT2D eigenvalue weighted by Gasteiger charge is -2.28. The lowest BCUT2D eigenvalue weighted by molar-refractivity contribution is -0.132. The number of aromatic amines is 1. The molecule has 1 amide bonds. The van der Waals surface area contributed by atoms with Crippen LogP contribution in [0.4, 0.5) is 5.82 Å². The maximum absolute atomic E-state index is 12.7. The first kappa shape index (κ1) is 20.0. The normalized spacial score (nSPS) is 19.7.